The molecule has 2 aromatic carbocycles. The van der Waals surface area contributed by atoms with Crippen LogP contribution < -0.4 is 0 Å². The van der Waals surface area contributed by atoms with E-state index in [0.717, 1.165) is 0 Å². The highest BCUT2D eigenvalue weighted by Crippen LogP contribution is 2.30. The Morgan fingerprint density at radius 1 is 1.28 bits per heavy atom. The van der Waals surface area contributed by atoms with Gasteiger partial charge in [0.05, 0.1) is 10.0 Å². The minimum atomic E-state index is -1.10. The van der Waals surface area contributed by atoms with Crippen molar-refractivity contribution in [1.82, 2.24) is 0 Å². The van der Waals surface area contributed by atoms with Gasteiger partial charge in [0.15, 0.2) is 0 Å². The summed E-state index contributed by atoms with van der Waals surface area (Å²) < 4.78 is 14.2. The van der Waals surface area contributed by atoms with Crippen LogP contribution >= 0.6 is 27.5 Å². The van der Waals surface area contributed by atoms with Crippen LogP contribution in [0.4, 0.5) is 4.39 Å². The number of aromatic carboxylic acids is 1. The summed E-state index contributed by atoms with van der Waals surface area (Å²) in [5, 5.41) is 9.20. The fourth-order valence-electron chi connectivity index (χ4n) is 1.60. The fraction of sp³-hybridized carbons (Fsp3) is 0. The van der Waals surface area contributed by atoms with Crippen molar-refractivity contribution >= 4 is 33.5 Å². The van der Waals surface area contributed by atoms with Gasteiger partial charge in [0, 0.05) is 10.6 Å². The first kappa shape index (κ1) is 13.1. The van der Waals surface area contributed by atoms with Gasteiger partial charge < -0.3 is 5.11 Å². The zero-order valence-corrected chi connectivity index (χ0v) is 11.3. The van der Waals surface area contributed by atoms with E-state index in [1.54, 1.807) is 18.2 Å². The number of halogens is 3. The summed E-state index contributed by atoms with van der Waals surface area (Å²) in [6, 6.07) is 9.05. The third-order valence-corrected chi connectivity index (χ3v) is 3.24. The van der Waals surface area contributed by atoms with Gasteiger partial charge >= 0.3 is 5.97 Å². The van der Waals surface area contributed by atoms with E-state index in [0.29, 0.717) is 15.6 Å². The maximum Gasteiger partial charge on any atom is 0.335 e. The van der Waals surface area contributed by atoms with Crippen LogP contribution in [0.25, 0.3) is 11.1 Å². The molecule has 2 nitrogen and oxygen atoms in total. The average molecular weight is 330 g/mol. The van der Waals surface area contributed by atoms with Crippen LogP contribution in [-0.4, -0.2) is 11.1 Å². The summed E-state index contributed by atoms with van der Waals surface area (Å²) in [7, 11) is 0. The van der Waals surface area contributed by atoms with E-state index in [2.05, 4.69) is 15.9 Å². The van der Waals surface area contributed by atoms with Gasteiger partial charge in [-0.3, -0.25) is 0 Å². The second kappa shape index (κ2) is 5.08. The van der Waals surface area contributed by atoms with Crippen LogP contribution in [0.15, 0.2) is 40.9 Å². The molecule has 0 spiro atoms. The Morgan fingerprint density at radius 2 is 2.00 bits per heavy atom. The molecule has 0 aliphatic rings. The van der Waals surface area contributed by atoms with Crippen molar-refractivity contribution in [2.75, 3.05) is 0 Å². The van der Waals surface area contributed by atoms with E-state index < -0.39 is 11.8 Å². The third kappa shape index (κ3) is 2.54. The van der Waals surface area contributed by atoms with Crippen molar-refractivity contribution in [2.24, 2.45) is 0 Å². The molecule has 0 unspecified atom stereocenters. The molecule has 0 amide bonds. The van der Waals surface area contributed by atoms with Crippen LogP contribution in [0.3, 0.4) is 0 Å². The number of hydrogen-bond donors (Lipinski definition) is 1. The third-order valence-electron chi connectivity index (χ3n) is 2.41. The highest BCUT2D eigenvalue weighted by Gasteiger charge is 2.12. The summed E-state index contributed by atoms with van der Waals surface area (Å²) in [4.78, 5) is 10.9. The van der Waals surface area contributed by atoms with E-state index in [4.69, 9.17) is 16.7 Å². The monoisotopic (exact) mass is 328 g/mol. The van der Waals surface area contributed by atoms with Crippen molar-refractivity contribution < 1.29 is 14.3 Å². The zero-order valence-electron chi connectivity index (χ0n) is 8.95. The van der Waals surface area contributed by atoms with Crippen molar-refractivity contribution in [1.29, 1.82) is 0 Å². The van der Waals surface area contributed by atoms with E-state index in [1.807, 2.05) is 0 Å². The lowest BCUT2D eigenvalue weighted by atomic mass is 10.0. The minimum absolute atomic E-state index is 0.0249. The molecular formula is C13H7BrClFO2. The molecule has 2 rings (SSSR count). The Hall–Kier alpha value is -1.39. The molecule has 0 aliphatic heterocycles. The molecule has 18 heavy (non-hydrogen) atoms. The Morgan fingerprint density at radius 3 is 2.67 bits per heavy atom. The highest BCUT2D eigenvalue weighted by molar-refractivity contribution is 9.10. The second-order valence-electron chi connectivity index (χ2n) is 3.64. The maximum absolute atomic E-state index is 13.9. The largest absolute Gasteiger partial charge is 0.478 e. The number of benzene rings is 2. The van der Waals surface area contributed by atoms with E-state index in [-0.39, 0.29) is 10.6 Å². The molecule has 0 atom stereocenters. The van der Waals surface area contributed by atoms with Gasteiger partial charge in [0.2, 0.25) is 0 Å². The Balaban J connectivity index is 2.64. The summed E-state index contributed by atoms with van der Waals surface area (Å²) in [5.74, 6) is -1.55. The van der Waals surface area contributed by atoms with Gasteiger partial charge in [-0.05, 0) is 45.8 Å². The highest BCUT2D eigenvalue weighted by atomic mass is 79.9. The predicted octanol–water partition coefficient (Wildman–Crippen LogP) is 4.61. The molecule has 0 saturated heterocycles. The van der Waals surface area contributed by atoms with Crippen LogP contribution in [0, 0.1) is 5.82 Å². The topological polar surface area (TPSA) is 37.3 Å². The first-order valence-corrected chi connectivity index (χ1v) is 6.14. The maximum atomic E-state index is 13.9. The molecule has 5 heteroatoms. The Bertz CT molecular complexity index is 628. The zero-order chi connectivity index (χ0) is 13.3. The van der Waals surface area contributed by atoms with Crippen LogP contribution in [-0.2, 0) is 0 Å². The molecule has 0 radical (unpaired) electrons. The van der Waals surface area contributed by atoms with Gasteiger partial charge in [-0.2, -0.15) is 0 Å². The second-order valence-corrected chi connectivity index (χ2v) is 4.93. The van der Waals surface area contributed by atoms with E-state index in [1.165, 1.54) is 18.2 Å². The fourth-order valence-corrected chi connectivity index (χ4v) is 2.20. The van der Waals surface area contributed by atoms with Crippen LogP contribution in [0.2, 0.25) is 5.02 Å². The summed E-state index contributed by atoms with van der Waals surface area (Å²) in [6.07, 6.45) is 0. The van der Waals surface area contributed by atoms with Crippen LogP contribution in [0.5, 0.6) is 0 Å². The number of carbonyl (C=O) groups is 1. The van der Waals surface area contributed by atoms with Gasteiger partial charge in [-0.1, -0.05) is 23.7 Å². The smallest absolute Gasteiger partial charge is 0.335 e. The molecular weight excluding hydrogens is 322 g/mol. The van der Waals surface area contributed by atoms with Gasteiger partial charge in [0.25, 0.3) is 0 Å². The van der Waals surface area contributed by atoms with Crippen molar-refractivity contribution in [3.05, 3.63) is 57.3 Å². The summed E-state index contributed by atoms with van der Waals surface area (Å²) in [5.41, 5.74) is 0.755. The number of rotatable bonds is 2. The molecule has 0 bridgehead atoms. The Labute approximate surface area is 116 Å². The molecule has 0 heterocycles. The summed E-state index contributed by atoms with van der Waals surface area (Å²) >= 11 is 8.92. The van der Waals surface area contributed by atoms with Crippen LogP contribution in [0.1, 0.15) is 10.4 Å². The quantitative estimate of drug-likeness (QED) is 0.874. The van der Waals surface area contributed by atoms with Gasteiger partial charge in [0.1, 0.15) is 5.82 Å². The van der Waals surface area contributed by atoms with Crippen molar-refractivity contribution in [2.45, 2.75) is 0 Å². The number of hydrogen-bond acceptors (Lipinski definition) is 1. The lowest BCUT2D eigenvalue weighted by Crippen LogP contribution is -1.97. The van der Waals surface area contributed by atoms with E-state index >= 15 is 0 Å². The SMILES string of the molecule is O=C(O)c1cc(Cl)cc(-c2cccc(Br)c2F)c1. The molecule has 0 aliphatic carbocycles. The number of carboxylic acids is 1. The molecule has 1 N–H and O–H groups in total. The van der Waals surface area contributed by atoms with Crippen molar-refractivity contribution in [3.63, 3.8) is 0 Å². The standard InChI is InChI=1S/C13H7BrClFO2/c14-11-3-1-2-10(12(11)16)7-4-8(13(17)18)6-9(15)5-7/h1-6H,(H,17,18). The lowest BCUT2D eigenvalue weighted by molar-refractivity contribution is 0.0697. The molecule has 2 aromatic rings. The summed E-state index contributed by atoms with van der Waals surface area (Å²) in [6.45, 7) is 0. The molecule has 92 valence electrons. The lowest BCUT2D eigenvalue weighted by Gasteiger charge is -2.07. The van der Waals surface area contributed by atoms with Crippen molar-refractivity contribution in [3.8, 4) is 11.1 Å². The first-order chi connectivity index (χ1) is 8.49. The Kier molecular flexibility index (Phi) is 3.68. The predicted molar refractivity (Wildman–Crippen MR) is 71.5 cm³/mol. The van der Waals surface area contributed by atoms with Gasteiger partial charge in [-0.25, -0.2) is 9.18 Å². The molecule has 0 aromatic heterocycles. The average Bonchev–Trinajstić information content (AvgIpc) is 2.31. The number of carboxylic acid groups (broad SMARTS) is 1. The first-order valence-electron chi connectivity index (χ1n) is 4.97. The molecule has 0 fully saturated rings. The minimum Gasteiger partial charge on any atom is -0.478 e. The van der Waals surface area contributed by atoms with Gasteiger partial charge in [-0.15, -0.1) is 0 Å². The van der Waals surface area contributed by atoms with E-state index in [9.17, 15) is 9.18 Å². The normalized spacial score (nSPS) is 10.4. The molecule has 0 saturated carbocycles.